The monoisotopic (exact) mass is 609 g/mol. The zero-order chi connectivity index (χ0) is 30.5. The number of fused-ring (bicyclic) bond motifs is 1. The van der Waals surface area contributed by atoms with E-state index in [1.54, 1.807) is 25.3 Å². The number of halogens is 2. The third-order valence-electron chi connectivity index (χ3n) is 8.95. The number of aromatic amines is 1. The van der Waals surface area contributed by atoms with E-state index >= 15 is 0 Å². The predicted octanol–water partition coefficient (Wildman–Crippen LogP) is 7.08. The van der Waals surface area contributed by atoms with Crippen LogP contribution in [0.4, 0.5) is 10.3 Å². The fourth-order valence-electron chi connectivity index (χ4n) is 6.28. The summed E-state index contributed by atoms with van der Waals surface area (Å²) in [6, 6.07) is 14.9. The third-order valence-corrected chi connectivity index (χ3v) is 9.18. The molecule has 0 bridgehead atoms. The van der Waals surface area contributed by atoms with Crippen LogP contribution in [-0.4, -0.2) is 38.2 Å². The zero-order valence-corrected chi connectivity index (χ0v) is 24.9. The first kappa shape index (κ1) is 28.3. The van der Waals surface area contributed by atoms with E-state index in [4.69, 9.17) is 32.6 Å². The largest absolute Gasteiger partial charge is 0.444 e. The second kappa shape index (κ2) is 10.9. The zero-order valence-electron chi connectivity index (χ0n) is 24.1. The summed E-state index contributed by atoms with van der Waals surface area (Å²) < 4.78 is 27.4. The number of ether oxygens (including phenoxy) is 2. The maximum Gasteiger partial charge on any atom is 0.357 e. The van der Waals surface area contributed by atoms with Crippen LogP contribution in [0, 0.1) is 29.1 Å². The number of likely N-dealkylation sites (tertiary alicyclic amines) is 1. The lowest BCUT2D eigenvalue weighted by Gasteiger charge is -2.33. The van der Waals surface area contributed by atoms with Gasteiger partial charge in [-0.05, 0) is 87.0 Å². The summed E-state index contributed by atoms with van der Waals surface area (Å²) in [6.07, 6.45) is 5.99. The number of nitrogens with zero attached hydrogens (tertiary/aromatic N) is 6. The molecule has 9 nitrogen and oxygen atoms in total. The second-order valence-corrected chi connectivity index (χ2v) is 12.4. The van der Waals surface area contributed by atoms with Gasteiger partial charge in [0.25, 0.3) is 11.6 Å². The van der Waals surface area contributed by atoms with Crippen molar-refractivity contribution in [3.8, 4) is 29.0 Å². The Morgan fingerprint density at radius 1 is 1.20 bits per heavy atom. The summed E-state index contributed by atoms with van der Waals surface area (Å²) in [4.78, 5) is 14.8. The molecule has 1 atom stereocenters. The molecule has 0 unspecified atom stereocenters. The van der Waals surface area contributed by atoms with E-state index < -0.39 is 11.6 Å². The molecule has 4 aromatic rings. The van der Waals surface area contributed by atoms with Gasteiger partial charge >= 0.3 is 5.95 Å². The molecule has 222 valence electrons. The number of aromatic nitrogens is 4. The Labute approximate surface area is 259 Å². The van der Waals surface area contributed by atoms with Gasteiger partial charge in [0, 0.05) is 30.3 Å². The molecule has 11 heteroatoms. The van der Waals surface area contributed by atoms with Gasteiger partial charge in [0.1, 0.15) is 5.82 Å². The molecule has 44 heavy (non-hydrogen) atoms. The average molecular weight is 610 g/mol. The Morgan fingerprint density at radius 2 is 2.02 bits per heavy atom. The van der Waals surface area contributed by atoms with Crippen LogP contribution in [-0.2, 0) is 18.8 Å². The molecule has 2 aliphatic heterocycles. The standard InChI is InChI=1S/C33H29ClFN7O2/c1-32(25-7-6-23(34)15-26(25)35)43-28-5-3-4-24(29(28)44-32)20-8-12-42(13-9-20)18-27-21(16-33(19-36)10-11-33)14-22(17-38-27)30-39-31(37-2)41-40-30/h3-7,14-15,17,20H,8-13,16,18H2,1H3,(H,39,40,41)/t32-/m1/s1. The Morgan fingerprint density at radius 3 is 2.73 bits per heavy atom. The maximum absolute atomic E-state index is 14.8. The van der Waals surface area contributed by atoms with Crippen molar-refractivity contribution in [1.29, 1.82) is 5.26 Å². The van der Waals surface area contributed by atoms with Crippen LogP contribution in [0.2, 0.25) is 5.02 Å². The summed E-state index contributed by atoms with van der Waals surface area (Å²) >= 11 is 5.97. The molecule has 7 rings (SSSR count). The highest BCUT2D eigenvalue weighted by molar-refractivity contribution is 6.30. The van der Waals surface area contributed by atoms with Gasteiger partial charge in [-0.1, -0.05) is 28.8 Å². The quantitative estimate of drug-likeness (QED) is 0.223. The number of piperidine rings is 1. The smallest absolute Gasteiger partial charge is 0.357 e. The Balaban J connectivity index is 1.07. The highest BCUT2D eigenvalue weighted by Gasteiger charge is 2.44. The van der Waals surface area contributed by atoms with E-state index in [9.17, 15) is 9.65 Å². The van der Waals surface area contributed by atoms with Crippen LogP contribution < -0.4 is 9.47 Å². The van der Waals surface area contributed by atoms with Gasteiger partial charge in [0.05, 0.1) is 28.3 Å². The highest BCUT2D eigenvalue weighted by atomic mass is 35.5. The van der Waals surface area contributed by atoms with Crippen molar-refractivity contribution in [2.45, 2.75) is 57.3 Å². The van der Waals surface area contributed by atoms with Gasteiger partial charge < -0.3 is 14.3 Å². The molecular weight excluding hydrogens is 581 g/mol. The van der Waals surface area contributed by atoms with E-state index in [1.807, 2.05) is 18.2 Å². The van der Waals surface area contributed by atoms with Crippen LogP contribution in [0.3, 0.4) is 0 Å². The third kappa shape index (κ3) is 5.25. The van der Waals surface area contributed by atoms with Gasteiger partial charge in [-0.3, -0.25) is 9.88 Å². The Hall–Kier alpha value is -4.51. The molecule has 1 N–H and O–H groups in total. The fourth-order valence-corrected chi connectivity index (χ4v) is 6.44. The molecule has 0 spiro atoms. The van der Waals surface area contributed by atoms with Crippen LogP contribution in [0.25, 0.3) is 16.2 Å². The molecule has 3 aliphatic rings. The van der Waals surface area contributed by atoms with Crippen molar-refractivity contribution in [1.82, 2.24) is 25.1 Å². The van der Waals surface area contributed by atoms with Crippen LogP contribution in [0.5, 0.6) is 11.5 Å². The number of H-pyrrole nitrogens is 1. The normalized spacial score (nSPS) is 20.7. The molecule has 1 saturated heterocycles. The first-order chi connectivity index (χ1) is 21.3. The maximum atomic E-state index is 14.8. The first-order valence-electron chi connectivity index (χ1n) is 14.7. The van der Waals surface area contributed by atoms with Crippen molar-refractivity contribution in [3.05, 3.63) is 93.3 Å². The summed E-state index contributed by atoms with van der Waals surface area (Å²) in [6.45, 7) is 11.3. The number of rotatable bonds is 7. The van der Waals surface area contributed by atoms with Gasteiger partial charge in [-0.2, -0.15) is 5.26 Å². The first-order valence-corrected chi connectivity index (χ1v) is 15.0. The van der Waals surface area contributed by atoms with Crippen LogP contribution in [0.15, 0.2) is 48.7 Å². The molecule has 0 amide bonds. The number of nitriles is 1. The molecule has 2 fully saturated rings. The fraction of sp³-hybridized carbons (Fsp3) is 0.364. The molecule has 2 aromatic carbocycles. The number of benzene rings is 2. The van der Waals surface area contributed by atoms with E-state index in [0.29, 0.717) is 40.9 Å². The lowest BCUT2D eigenvalue weighted by molar-refractivity contribution is -0.0712. The lowest BCUT2D eigenvalue weighted by atomic mass is 9.88. The SMILES string of the molecule is [C-]#[N+]c1nc(-c2cnc(CN3CCC(c4cccc5c4O[C@](C)(c4ccc(Cl)cc4F)O5)CC3)c(CC3(C#N)CC3)c2)n[nH]1. The van der Waals surface area contributed by atoms with Crippen molar-refractivity contribution >= 4 is 17.5 Å². The van der Waals surface area contributed by atoms with Crippen LogP contribution >= 0.6 is 11.6 Å². The number of para-hydroxylation sites is 1. The van der Waals surface area contributed by atoms with E-state index in [-0.39, 0.29) is 17.3 Å². The lowest BCUT2D eigenvalue weighted by Crippen LogP contribution is -2.34. The van der Waals surface area contributed by atoms with Crippen molar-refractivity contribution < 1.29 is 13.9 Å². The number of pyridine rings is 1. The minimum absolute atomic E-state index is 0.131. The Bertz CT molecular complexity index is 1830. The number of hydrogen-bond acceptors (Lipinski definition) is 7. The minimum Gasteiger partial charge on any atom is -0.444 e. The molecular formula is C33H29ClFN7O2. The van der Waals surface area contributed by atoms with Gasteiger partial charge in [0.2, 0.25) is 0 Å². The molecule has 2 aromatic heterocycles. The van der Waals surface area contributed by atoms with Gasteiger partial charge in [-0.25, -0.2) is 9.49 Å². The van der Waals surface area contributed by atoms with Crippen molar-refractivity contribution in [2.24, 2.45) is 5.41 Å². The number of hydrogen-bond donors (Lipinski definition) is 1. The Kier molecular flexibility index (Phi) is 7.00. The average Bonchev–Trinajstić information content (AvgIpc) is 3.46. The topological polar surface area (TPSA) is 104 Å². The summed E-state index contributed by atoms with van der Waals surface area (Å²) in [5.41, 5.74) is 3.74. The summed E-state index contributed by atoms with van der Waals surface area (Å²) in [5, 5.41) is 16.9. The van der Waals surface area contributed by atoms with Crippen molar-refractivity contribution in [3.63, 3.8) is 0 Å². The minimum atomic E-state index is -1.28. The van der Waals surface area contributed by atoms with E-state index in [2.05, 4.69) is 37.1 Å². The number of nitrogens with one attached hydrogen (secondary N) is 1. The van der Waals surface area contributed by atoms with E-state index in [0.717, 1.165) is 61.2 Å². The van der Waals surface area contributed by atoms with Gasteiger partial charge in [-0.15, -0.1) is 11.6 Å². The summed E-state index contributed by atoms with van der Waals surface area (Å²) in [7, 11) is 0. The molecule has 1 aliphatic carbocycles. The predicted molar refractivity (Wildman–Crippen MR) is 161 cm³/mol. The molecule has 0 radical (unpaired) electrons. The summed E-state index contributed by atoms with van der Waals surface area (Å²) in [5.74, 6) is 0.335. The highest BCUT2D eigenvalue weighted by Crippen LogP contribution is 2.50. The molecule has 1 saturated carbocycles. The van der Waals surface area contributed by atoms with E-state index in [1.165, 1.54) is 6.07 Å². The van der Waals surface area contributed by atoms with Gasteiger partial charge in [0.15, 0.2) is 11.5 Å². The molecule has 4 heterocycles. The van der Waals surface area contributed by atoms with Crippen molar-refractivity contribution in [2.75, 3.05) is 13.1 Å². The second-order valence-electron chi connectivity index (χ2n) is 12.0. The van der Waals surface area contributed by atoms with Crippen LogP contribution in [0.1, 0.15) is 60.9 Å².